The molecular weight excluding hydrogens is 232 g/mol. The van der Waals surface area contributed by atoms with Crippen LogP contribution in [0.25, 0.3) is 0 Å². The Labute approximate surface area is 109 Å². The second-order valence-electron chi connectivity index (χ2n) is 5.28. The van der Waals surface area contributed by atoms with E-state index in [4.69, 9.17) is 17.3 Å². The highest BCUT2D eigenvalue weighted by molar-refractivity contribution is 6.31. The summed E-state index contributed by atoms with van der Waals surface area (Å²) in [5, 5.41) is 0.836. The molecule has 0 aliphatic heterocycles. The molecule has 1 aliphatic rings. The van der Waals surface area contributed by atoms with Gasteiger partial charge in [-0.05, 0) is 49.8 Å². The van der Waals surface area contributed by atoms with E-state index < -0.39 is 0 Å². The number of hydrogen-bond donors (Lipinski definition) is 1. The average Bonchev–Trinajstić information content (AvgIpc) is 3.04. The fourth-order valence-electron chi connectivity index (χ4n) is 2.08. The number of benzene rings is 1. The van der Waals surface area contributed by atoms with Crippen molar-refractivity contribution in [1.82, 2.24) is 0 Å². The molecule has 1 aromatic rings. The summed E-state index contributed by atoms with van der Waals surface area (Å²) in [6.07, 6.45) is 3.59. The van der Waals surface area contributed by atoms with Crippen molar-refractivity contribution >= 4 is 17.3 Å². The van der Waals surface area contributed by atoms with E-state index in [1.807, 2.05) is 6.92 Å². The second-order valence-corrected chi connectivity index (χ2v) is 5.69. The van der Waals surface area contributed by atoms with E-state index in [1.165, 1.54) is 18.5 Å². The fourth-order valence-corrected chi connectivity index (χ4v) is 2.33. The van der Waals surface area contributed by atoms with Gasteiger partial charge in [-0.1, -0.05) is 17.7 Å². The van der Waals surface area contributed by atoms with Crippen LogP contribution in [-0.2, 0) is 6.42 Å². The Morgan fingerprint density at radius 3 is 2.71 bits per heavy atom. The number of nitrogens with two attached hydrogens (primary N) is 1. The highest BCUT2D eigenvalue weighted by Crippen LogP contribution is 2.32. The Balaban J connectivity index is 2.06. The largest absolute Gasteiger partial charge is 0.374 e. The van der Waals surface area contributed by atoms with E-state index in [9.17, 15) is 0 Å². The smallest absolute Gasteiger partial charge is 0.0459 e. The number of hydrogen-bond acceptors (Lipinski definition) is 2. The second kappa shape index (κ2) is 5.28. The zero-order chi connectivity index (χ0) is 12.4. The van der Waals surface area contributed by atoms with Crippen molar-refractivity contribution in [2.24, 2.45) is 11.7 Å². The summed E-state index contributed by atoms with van der Waals surface area (Å²) < 4.78 is 0. The molecule has 1 unspecified atom stereocenters. The summed E-state index contributed by atoms with van der Waals surface area (Å²) in [7, 11) is 2.13. The Hall–Kier alpha value is -0.730. The monoisotopic (exact) mass is 252 g/mol. The van der Waals surface area contributed by atoms with Gasteiger partial charge in [0.1, 0.15) is 0 Å². The predicted octanol–water partition coefficient (Wildman–Crippen LogP) is 3.08. The Morgan fingerprint density at radius 1 is 1.47 bits per heavy atom. The lowest BCUT2D eigenvalue weighted by atomic mass is 10.1. The third-order valence-corrected chi connectivity index (χ3v) is 3.60. The topological polar surface area (TPSA) is 29.3 Å². The van der Waals surface area contributed by atoms with Gasteiger partial charge in [0.15, 0.2) is 0 Å². The van der Waals surface area contributed by atoms with Crippen LogP contribution in [-0.4, -0.2) is 19.6 Å². The van der Waals surface area contributed by atoms with Gasteiger partial charge >= 0.3 is 0 Å². The minimum atomic E-state index is 0.155. The van der Waals surface area contributed by atoms with Crippen molar-refractivity contribution in [3.05, 3.63) is 28.8 Å². The maximum absolute atomic E-state index is 6.29. The quantitative estimate of drug-likeness (QED) is 0.873. The van der Waals surface area contributed by atoms with E-state index in [1.54, 1.807) is 0 Å². The lowest BCUT2D eigenvalue weighted by Gasteiger charge is -2.20. The van der Waals surface area contributed by atoms with Gasteiger partial charge in [0.05, 0.1) is 0 Å². The van der Waals surface area contributed by atoms with Gasteiger partial charge in [0, 0.05) is 30.3 Å². The summed E-state index contributed by atoms with van der Waals surface area (Å²) in [5.74, 6) is 0.891. The molecular formula is C14H21ClN2. The van der Waals surface area contributed by atoms with Crippen LogP contribution in [0.4, 0.5) is 5.69 Å². The zero-order valence-corrected chi connectivity index (χ0v) is 11.4. The van der Waals surface area contributed by atoms with Gasteiger partial charge in [-0.3, -0.25) is 0 Å². The first kappa shape index (κ1) is 12.7. The molecule has 2 nitrogen and oxygen atoms in total. The molecule has 1 aliphatic carbocycles. The molecule has 94 valence electrons. The molecule has 0 saturated heterocycles. The third-order valence-electron chi connectivity index (χ3n) is 3.25. The first-order valence-corrected chi connectivity index (χ1v) is 6.69. The van der Waals surface area contributed by atoms with Crippen molar-refractivity contribution in [3.8, 4) is 0 Å². The summed E-state index contributed by atoms with van der Waals surface area (Å²) in [5.41, 5.74) is 8.14. The molecule has 1 saturated carbocycles. The Morgan fingerprint density at radius 2 is 2.18 bits per heavy atom. The number of halogens is 1. The highest BCUT2D eigenvalue weighted by atomic mass is 35.5. The summed E-state index contributed by atoms with van der Waals surface area (Å²) in [6.45, 7) is 3.15. The normalized spacial score (nSPS) is 16.9. The van der Waals surface area contributed by atoms with Crippen molar-refractivity contribution in [3.63, 3.8) is 0 Å². The van der Waals surface area contributed by atoms with Gasteiger partial charge in [0.25, 0.3) is 0 Å². The lowest BCUT2D eigenvalue weighted by molar-refractivity contribution is 0.737. The molecule has 1 atom stereocenters. The van der Waals surface area contributed by atoms with Crippen LogP contribution in [0, 0.1) is 5.92 Å². The lowest BCUT2D eigenvalue weighted by Crippen LogP contribution is -2.20. The molecule has 17 heavy (non-hydrogen) atoms. The third kappa shape index (κ3) is 3.62. The van der Waals surface area contributed by atoms with Crippen LogP contribution < -0.4 is 10.6 Å². The first-order valence-electron chi connectivity index (χ1n) is 6.31. The van der Waals surface area contributed by atoms with E-state index >= 15 is 0 Å². The van der Waals surface area contributed by atoms with Crippen molar-refractivity contribution < 1.29 is 0 Å². The molecule has 1 aromatic carbocycles. The van der Waals surface area contributed by atoms with Crippen LogP contribution in [0.2, 0.25) is 5.02 Å². The molecule has 0 aromatic heterocycles. The molecule has 1 fully saturated rings. The number of anilines is 1. The Kier molecular flexibility index (Phi) is 3.95. The fraction of sp³-hybridized carbons (Fsp3) is 0.571. The van der Waals surface area contributed by atoms with Crippen molar-refractivity contribution in [2.45, 2.75) is 32.2 Å². The van der Waals surface area contributed by atoms with Gasteiger partial charge < -0.3 is 10.6 Å². The molecule has 0 bridgehead atoms. The SMILES string of the molecule is CC(N)Cc1ccc(N(C)CC2CC2)cc1Cl. The average molecular weight is 253 g/mol. The zero-order valence-electron chi connectivity index (χ0n) is 10.6. The van der Waals surface area contributed by atoms with Gasteiger partial charge in [-0.15, -0.1) is 0 Å². The summed E-state index contributed by atoms with van der Waals surface area (Å²) in [6, 6.07) is 6.46. The maximum Gasteiger partial charge on any atom is 0.0459 e. The minimum Gasteiger partial charge on any atom is -0.374 e. The summed E-state index contributed by atoms with van der Waals surface area (Å²) >= 11 is 6.29. The standard InChI is InChI=1S/C14H21ClN2/c1-10(16)7-12-5-6-13(8-14(12)15)17(2)9-11-3-4-11/h5-6,8,10-11H,3-4,7,9,16H2,1-2H3. The molecule has 2 rings (SSSR count). The van der Waals surface area contributed by atoms with Crippen LogP contribution in [0.5, 0.6) is 0 Å². The van der Waals surface area contributed by atoms with Crippen molar-refractivity contribution in [2.75, 3.05) is 18.5 Å². The molecule has 3 heteroatoms. The summed E-state index contributed by atoms with van der Waals surface area (Å²) in [4.78, 5) is 2.29. The Bertz CT molecular complexity index is 386. The number of nitrogens with zero attached hydrogens (tertiary/aromatic N) is 1. The molecule has 0 heterocycles. The highest BCUT2D eigenvalue weighted by Gasteiger charge is 2.23. The maximum atomic E-state index is 6.29. The van der Waals surface area contributed by atoms with Crippen molar-refractivity contribution in [1.29, 1.82) is 0 Å². The van der Waals surface area contributed by atoms with E-state index in [0.717, 1.165) is 29.5 Å². The molecule has 2 N–H and O–H groups in total. The van der Waals surface area contributed by atoms with Crippen LogP contribution in [0.1, 0.15) is 25.3 Å². The minimum absolute atomic E-state index is 0.155. The van der Waals surface area contributed by atoms with E-state index in [-0.39, 0.29) is 6.04 Å². The van der Waals surface area contributed by atoms with Gasteiger partial charge in [-0.2, -0.15) is 0 Å². The van der Waals surface area contributed by atoms with Crippen LogP contribution in [0.15, 0.2) is 18.2 Å². The van der Waals surface area contributed by atoms with Crippen LogP contribution in [0.3, 0.4) is 0 Å². The van der Waals surface area contributed by atoms with Crippen LogP contribution >= 0.6 is 11.6 Å². The molecule has 0 amide bonds. The first-order chi connectivity index (χ1) is 8.06. The molecule has 0 radical (unpaired) electrons. The van der Waals surface area contributed by atoms with E-state index in [0.29, 0.717) is 0 Å². The van der Waals surface area contributed by atoms with E-state index in [2.05, 4.69) is 30.1 Å². The molecule has 0 spiro atoms. The number of rotatable bonds is 5. The van der Waals surface area contributed by atoms with Gasteiger partial charge in [-0.25, -0.2) is 0 Å². The predicted molar refractivity (Wildman–Crippen MR) is 74.8 cm³/mol. The van der Waals surface area contributed by atoms with Gasteiger partial charge in [0.2, 0.25) is 0 Å².